The Morgan fingerprint density at radius 1 is 1.27 bits per heavy atom. The van der Waals surface area contributed by atoms with Crippen LogP contribution in [0.3, 0.4) is 0 Å². The Hall–Kier alpha value is -1.95. The Morgan fingerprint density at radius 3 is 2.82 bits per heavy atom. The van der Waals surface area contributed by atoms with Gasteiger partial charge in [-0.1, -0.05) is 0 Å². The van der Waals surface area contributed by atoms with Crippen LogP contribution in [0.5, 0.6) is 5.75 Å². The van der Waals surface area contributed by atoms with E-state index in [2.05, 4.69) is 10.3 Å². The second-order valence-electron chi connectivity index (χ2n) is 4.83. The van der Waals surface area contributed by atoms with Crippen molar-refractivity contribution in [1.82, 2.24) is 10.3 Å². The van der Waals surface area contributed by atoms with Crippen molar-refractivity contribution in [3.63, 3.8) is 0 Å². The molecule has 6 heteroatoms. The summed E-state index contributed by atoms with van der Waals surface area (Å²) in [6.07, 6.45) is 4.73. The predicted molar refractivity (Wildman–Crippen MR) is 84.6 cm³/mol. The number of aromatic nitrogens is 1. The third kappa shape index (κ3) is 6.22. The molecule has 0 saturated carbocycles. The second kappa shape index (κ2) is 9.15. The minimum Gasteiger partial charge on any atom is -0.494 e. The number of nitrogens with zero attached hydrogens (tertiary/aromatic N) is 1. The van der Waals surface area contributed by atoms with Crippen molar-refractivity contribution in [2.75, 3.05) is 13.2 Å². The van der Waals surface area contributed by atoms with Gasteiger partial charge in [-0.05, 0) is 43.5 Å². The van der Waals surface area contributed by atoms with Crippen molar-refractivity contribution >= 4 is 17.2 Å². The average molecular weight is 322 g/mol. The molecule has 0 bridgehead atoms. The first-order valence-corrected chi connectivity index (χ1v) is 8.14. The summed E-state index contributed by atoms with van der Waals surface area (Å²) in [6.45, 7) is 1.21. The molecule has 0 radical (unpaired) electrons. The minimum absolute atomic E-state index is 0.0628. The third-order valence-corrected chi connectivity index (χ3v) is 3.90. The summed E-state index contributed by atoms with van der Waals surface area (Å²) < 4.78 is 18.2. The molecule has 1 aromatic carbocycles. The Balaban J connectivity index is 1.48. The molecule has 0 unspecified atom stereocenters. The number of carbonyl (C=O) groups is 1. The summed E-state index contributed by atoms with van der Waals surface area (Å²) in [5, 5.41) is 2.89. The number of nitrogens with one attached hydrogen (secondary N) is 1. The highest BCUT2D eigenvalue weighted by molar-refractivity contribution is 7.09. The van der Waals surface area contributed by atoms with Crippen LogP contribution in [-0.4, -0.2) is 24.0 Å². The molecular formula is C16H19FN2O2S. The van der Waals surface area contributed by atoms with Crippen LogP contribution in [0.2, 0.25) is 0 Å². The maximum Gasteiger partial charge on any atom is 0.220 e. The Bertz CT molecular complexity index is 558. The molecule has 0 aliphatic heterocycles. The molecular weight excluding hydrogens is 303 g/mol. The highest BCUT2D eigenvalue weighted by Crippen LogP contribution is 2.11. The van der Waals surface area contributed by atoms with E-state index in [0.29, 0.717) is 25.3 Å². The number of carbonyl (C=O) groups excluding carboxylic acids is 1. The topological polar surface area (TPSA) is 51.2 Å². The number of halogens is 1. The van der Waals surface area contributed by atoms with Gasteiger partial charge in [0.05, 0.1) is 12.1 Å². The molecule has 22 heavy (non-hydrogen) atoms. The summed E-state index contributed by atoms with van der Waals surface area (Å²) >= 11 is 1.57. The molecule has 0 spiro atoms. The molecule has 1 aromatic heterocycles. The molecule has 4 nitrogen and oxygen atoms in total. The van der Waals surface area contributed by atoms with Crippen LogP contribution in [-0.2, 0) is 11.2 Å². The molecule has 2 aromatic rings. The molecule has 1 N–H and O–H groups in total. The van der Waals surface area contributed by atoms with Gasteiger partial charge in [-0.15, -0.1) is 11.3 Å². The first-order valence-electron chi connectivity index (χ1n) is 7.26. The van der Waals surface area contributed by atoms with Gasteiger partial charge in [-0.2, -0.15) is 0 Å². The maximum absolute atomic E-state index is 12.7. The molecule has 2 rings (SSSR count). The van der Waals surface area contributed by atoms with E-state index in [-0.39, 0.29) is 11.7 Å². The summed E-state index contributed by atoms with van der Waals surface area (Å²) in [7, 11) is 0. The van der Waals surface area contributed by atoms with Gasteiger partial charge in [0.1, 0.15) is 11.6 Å². The zero-order valence-electron chi connectivity index (χ0n) is 12.3. The van der Waals surface area contributed by atoms with Gasteiger partial charge < -0.3 is 10.1 Å². The van der Waals surface area contributed by atoms with Crippen molar-refractivity contribution in [2.45, 2.75) is 25.7 Å². The monoisotopic (exact) mass is 322 g/mol. The van der Waals surface area contributed by atoms with Crippen LogP contribution in [0.1, 0.15) is 24.1 Å². The molecule has 0 aliphatic rings. The highest BCUT2D eigenvalue weighted by atomic mass is 32.1. The number of hydrogen-bond acceptors (Lipinski definition) is 4. The lowest BCUT2D eigenvalue weighted by Crippen LogP contribution is -2.24. The number of unbranched alkanes of at least 4 members (excludes halogenated alkanes) is 1. The molecule has 118 valence electrons. The Labute approximate surface area is 133 Å². The SMILES string of the molecule is O=C(CCc1cncs1)NCCCCOc1ccc(F)cc1. The smallest absolute Gasteiger partial charge is 0.220 e. The van der Waals surface area contributed by atoms with E-state index in [9.17, 15) is 9.18 Å². The van der Waals surface area contributed by atoms with E-state index < -0.39 is 0 Å². The summed E-state index contributed by atoms with van der Waals surface area (Å²) in [5.41, 5.74) is 1.77. The van der Waals surface area contributed by atoms with Gasteiger partial charge in [0.2, 0.25) is 5.91 Å². The maximum atomic E-state index is 12.7. The van der Waals surface area contributed by atoms with Crippen molar-refractivity contribution in [2.24, 2.45) is 0 Å². The lowest BCUT2D eigenvalue weighted by molar-refractivity contribution is -0.121. The fourth-order valence-electron chi connectivity index (χ4n) is 1.87. The zero-order chi connectivity index (χ0) is 15.6. The molecule has 1 amide bonds. The van der Waals surface area contributed by atoms with E-state index in [4.69, 9.17) is 4.74 Å². The first kappa shape index (κ1) is 16.4. The van der Waals surface area contributed by atoms with E-state index in [1.54, 1.807) is 35.2 Å². The van der Waals surface area contributed by atoms with Gasteiger partial charge in [0, 0.05) is 24.0 Å². The lowest BCUT2D eigenvalue weighted by Gasteiger charge is -2.07. The van der Waals surface area contributed by atoms with Crippen LogP contribution in [0.15, 0.2) is 36.0 Å². The highest BCUT2D eigenvalue weighted by Gasteiger charge is 2.02. The number of amides is 1. The zero-order valence-corrected chi connectivity index (χ0v) is 13.1. The number of hydrogen-bond donors (Lipinski definition) is 1. The van der Waals surface area contributed by atoms with E-state index in [1.807, 2.05) is 0 Å². The molecule has 0 saturated heterocycles. The number of aryl methyl sites for hydroxylation is 1. The largest absolute Gasteiger partial charge is 0.494 e. The minimum atomic E-state index is -0.270. The molecule has 0 atom stereocenters. The molecule has 0 fully saturated rings. The second-order valence-corrected chi connectivity index (χ2v) is 5.80. The van der Waals surface area contributed by atoms with Crippen LogP contribution in [0.4, 0.5) is 4.39 Å². The van der Waals surface area contributed by atoms with Crippen molar-refractivity contribution in [3.05, 3.63) is 46.7 Å². The van der Waals surface area contributed by atoms with Gasteiger partial charge >= 0.3 is 0 Å². The summed E-state index contributed by atoms with van der Waals surface area (Å²) in [6, 6.07) is 5.96. The Kier molecular flexibility index (Phi) is 6.83. The molecule has 1 heterocycles. The summed E-state index contributed by atoms with van der Waals surface area (Å²) in [4.78, 5) is 16.7. The average Bonchev–Trinajstić information content (AvgIpc) is 3.04. The predicted octanol–water partition coefficient (Wildman–Crippen LogP) is 3.19. The third-order valence-electron chi connectivity index (χ3n) is 3.06. The van der Waals surface area contributed by atoms with Gasteiger partial charge in [0.25, 0.3) is 0 Å². The lowest BCUT2D eigenvalue weighted by atomic mass is 10.2. The summed E-state index contributed by atoms with van der Waals surface area (Å²) in [5.74, 6) is 0.455. The van der Waals surface area contributed by atoms with E-state index in [0.717, 1.165) is 24.1 Å². The Morgan fingerprint density at radius 2 is 2.09 bits per heavy atom. The fraction of sp³-hybridized carbons (Fsp3) is 0.375. The number of benzene rings is 1. The van der Waals surface area contributed by atoms with Gasteiger partial charge in [-0.25, -0.2) is 4.39 Å². The van der Waals surface area contributed by atoms with Crippen molar-refractivity contribution in [3.8, 4) is 5.75 Å². The van der Waals surface area contributed by atoms with Crippen LogP contribution in [0.25, 0.3) is 0 Å². The van der Waals surface area contributed by atoms with E-state index >= 15 is 0 Å². The normalized spacial score (nSPS) is 10.4. The van der Waals surface area contributed by atoms with Crippen LogP contribution < -0.4 is 10.1 Å². The number of thiazole rings is 1. The quantitative estimate of drug-likeness (QED) is 0.721. The number of rotatable bonds is 9. The van der Waals surface area contributed by atoms with E-state index in [1.165, 1.54) is 12.1 Å². The standard InChI is InChI=1S/C16H19FN2O2S/c17-13-3-5-14(6-4-13)21-10-2-1-9-19-16(20)8-7-15-11-18-12-22-15/h3-6,11-12H,1-2,7-10H2,(H,19,20). The van der Waals surface area contributed by atoms with Crippen molar-refractivity contribution in [1.29, 1.82) is 0 Å². The first-order chi connectivity index (χ1) is 10.7. The van der Waals surface area contributed by atoms with Crippen LogP contribution >= 0.6 is 11.3 Å². The number of ether oxygens (including phenoxy) is 1. The van der Waals surface area contributed by atoms with Gasteiger partial charge in [0.15, 0.2) is 0 Å². The molecule has 0 aliphatic carbocycles. The van der Waals surface area contributed by atoms with Gasteiger partial charge in [-0.3, -0.25) is 9.78 Å². The van der Waals surface area contributed by atoms with Crippen LogP contribution in [0, 0.1) is 5.82 Å². The van der Waals surface area contributed by atoms with Crippen molar-refractivity contribution < 1.29 is 13.9 Å². The fourth-order valence-corrected chi connectivity index (χ4v) is 2.47.